The zero-order chi connectivity index (χ0) is 18.5. The number of rotatable bonds is 5. The van der Waals surface area contributed by atoms with E-state index in [4.69, 9.17) is 4.42 Å². The fraction of sp³-hybridized carbons (Fsp3) is 0.350. The quantitative estimate of drug-likeness (QED) is 0.636. The molecule has 2 N–H and O–H groups in total. The normalized spacial score (nSPS) is 14.7. The maximum absolute atomic E-state index is 12.6. The number of carbonyl (C=O) groups excluding carboxylic acids is 3. The zero-order valence-corrected chi connectivity index (χ0v) is 14.7. The van der Waals surface area contributed by atoms with E-state index in [0.29, 0.717) is 16.8 Å². The molecule has 1 aliphatic carbocycles. The van der Waals surface area contributed by atoms with Crippen molar-refractivity contribution in [2.45, 2.75) is 45.1 Å². The highest BCUT2D eigenvalue weighted by Crippen LogP contribution is 2.22. The molecule has 2 aromatic rings. The highest BCUT2D eigenvalue weighted by Gasteiger charge is 2.22. The lowest BCUT2D eigenvalue weighted by Crippen LogP contribution is -2.36. The first-order valence-corrected chi connectivity index (χ1v) is 8.86. The molecule has 0 spiro atoms. The average Bonchev–Trinajstić information content (AvgIpc) is 3.18. The largest absolute Gasteiger partial charge is 0.461 e. The maximum Gasteiger partial charge on any atom is 0.300 e. The van der Waals surface area contributed by atoms with E-state index in [9.17, 15) is 14.4 Å². The molecule has 0 bridgehead atoms. The molecule has 0 saturated heterocycles. The van der Waals surface area contributed by atoms with Gasteiger partial charge in [-0.25, -0.2) is 0 Å². The van der Waals surface area contributed by atoms with Gasteiger partial charge >= 0.3 is 0 Å². The van der Waals surface area contributed by atoms with E-state index in [1.165, 1.54) is 18.8 Å². The molecule has 1 aromatic heterocycles. The summed E-state index contributed by atoms with van der Waals surface area (Å²) in [6.07, 6.45) is 6.82. The van der Waals surface area contributed by atoms with Crippen molar-refractivity contribution < 1.29 is 18.8 Å². The van der Waals surface area contributed by atoms with Crippen molar-refractivity contribution in [2.75, 3.05) is 5.32 Å². The number of Topliss-reactive ketones (excluding diaryl/α,β-unsaturated/α-hetero) is 1. The van der Waals surface area contributed by atoms with Gasteiger partial charge in [0, 0.05) is 17.3 Å². The number of anilines is 1. The fourth-order valence-corrected chi connectivity index (χ4v) is 3.23. The molecule has 6 heteroatoms. The summed E-state index contributed by atoms with van der Waals surface area (Å²) < 4.78 is 4.96. The Labute approximate surface area is 152 Å². The number of nitrogens with one attached hydrogen (secondary N) is 2. The van der Waals surface area contributed by atoms with Gasteiger partial charge in [-0.1, -0.05) is 25.3 Å². The van der Waals surface area contributed by atoms with Gasteiger partial charge in [-0.3, -0.25) is 14.4 Å². The zero-order valence-electron chi connectivity index (χ0n) is 14.7. The minimum atomic E-state index is -0.798. The molecule has 26 heavy (non-hydrogen) atoms. The standard InChI is InChI=1S/C20H22N2O4/c1-13-15(19(24)21-14-7-3-2-4-8-14)9-5-10-16(13)22-20(25)18(23)17-11-6-12-26-17/h5-6,9-12,14H,2-4,7-8H2,1H3,(H,21,24)(H,22,25). The minimum Gasteiger partial charge on any atom is -0.461 e. The fourth-order valence-electron chi connectivity index (χ4n) is 3.23. The number of furan rings is 1. The maximum atomic E-state index is 12.6. The Morgan fingerprint density at radius 3 is 2.50 bits per heavy atom. The van der Waals surface area contributed by atoms with Gasteiger partial charge in [-0.05, 0) is 49.6 Å². The molecular formula is C20H22N2O4. The average molecular weight is 354 g/mol. The summed E-state index contributed by atoms with van der Waals surface area (Å²) in [5.74, 6) is -1.73. The smallest absolute Gasteiger partial charge is 0.300 e. The van der Waals surface area contributed by atoms with Gasteiger partial charge in [0.15, 0.2) is 5.76 Å². The topological polar surface area (TPSA) is 88.4 Å². The number of hydrogen-bond donors (Lipinski definition) is 2. The van der Waals surface area contributed by atoms with Crippen molar-refractivity contribution in [3.05, 3.63) is 53.5 Å². The van der Waals surface area contributed by atoms with Crippen molar-refractivity contribution in [2.24, 2.45) is 0 Å². The summed E-state index contributed by atoms with van der Waals surface area (Å²) in [5.41, 5.74) is 1.56. The summed E-state index contributed by atoms with van der Waals surface area (Å²) in [7, 11) is 0. The van der Waals surface area contributed by atoms with Crippen LogP contribution in [0.3, 0.4) is 0 Å². The summed E-state index contributed by atoms with van der Waals surface area (Å²) in [6.45, 7) is 1.75. The van der Waals surface area contributed by atoms with Gasteiger partial charge in [0.2, 0.25) is 0 Å². The number of carbonyl (C=O) groups is 3. The Balaban J connectivity index is 1.71. The molecule has 6 nitrogen and oxygen atoms in total. The summed E-state index contributed by atoms with van der Waals surface area (Å²) in [6, 6.07) is 8.26. The van der Waals surface area contributed by atoms with Crippen molar-refractivity contribution in [1.29, 1.82) is 0 Å². The number of benzene rings is 1. The van der Waals surface area contributed by atoms with Gasteiger partial charge in [0.1, 0.15) is 0 Å². The van der Waals surface area contributed by atoms with Crippen LogP contribution in [0.2, 0.25) is 0 Å². The molecule has 0 aliphatic heterocycles. The van der Waals surface area contributed by atoms with Gasteiger partial charge < -0.3 is 15.1 Å². The van der Waals surface area contributed by atoms with Crippen molar-refractivity contribution >= 4 is 23.3 Å². The van der Waals surface area contributed by atoms with Gasteiger partial charge in [0.05, 0.1) is 6.26 Å². The summed E-state index contributed by atoms with van der Waals surface area (Å²) in [4.78, 5) is 36.7. The van der Waals surface area contributed by atoms with Crippen LogP contribution < -0.4 is 10.6 Å². The van der Waals surface area contributed by atoms with E-state index in [0.717, 1.165) is 25.7 Å². The molecule has 1 aliphatic rings. The van der Waals surface area contributed by atoms with Crippen molar-refractivity contribution in [1.82, 2.24) is 5.32 Å². The van der Waals surface area contributed by atoms with Crippen molar-refractivity contribution in [3.8, 4) is 0 Å². The van der Waals surface area contributed by atoms with Crippen LogP contribution in [0.4, 0.5) is 5.69 Å². The second-order valence-electron chi connectivity index (χ2n) is 6.55. The van der Waals surface area contributed by atoms with E-state index < -0.39 is 11.7 Å². The molecule has 3 rings (SSSR count). The number of hydrogen-bond acceptors (Lipinski definition) is 4. The van der Waals surface area contributed by atoms with Crippen LogP contribution in [0, 0.1) is 6.92 Å². The van der Waals surface area contributed by atoms with Crippen LogP contribution in [0.15, 0.2) is 41.0 Å². The van der Waals surface area contributed by atoms with E-state index >= 15 is 0 Å². The Bertz CT molecular complexity index is 805. The van der Waals surface area contributed by atoms with Crippen LogP contribution >= 0.6 is 0 Å². The summed E-state index contributed by atoms with van der Waals surface area (Å²) in [5, 5.41) is 5.64. The molecule has 0 radical (unpaired) electrons. The number of amides is 2. The summed E-state index contributed by atoms with van der Waals surface area (Å²) >= 11 is 0. The Morgan fingerprint density at radius 2 is 1.81 bits per heavy atom. The third kappa shape index (κ3) is 4.02. The van der Waals surface area contributed by atoms with Crippen LogP contribution in [0.5, 0.6) is 0 Å². The molecule has 0 unspecified atom stereocenters. The highest BCUT2D eigenvalue weighted by atomic mass is 16.3. The third-order valence-corrected chi connectivity index (χ3v) is 4.72. The van der Waals surface area contributed by atoms with Gasteiger partial charge in [-0.15, -0.1) is 0 Å². The second-order valence-corrected chi connectivity index (χ2v) is 6.55. The predicted molar refractivity (Wildman–Crippen MR) is 97.2 cm³/mol. The lowest BCUT2D eigenvalue weighted by molar-refractivity contribution is -0.112. The third-order valence-electron chi connectivity index (χ3n) is 4.72. The first kappa shape index (κ1) is 17.9. The van der Waals surface area contributed by atoms with Gasteiger partial charge in [0.25, 0.3) is 17.6 Å². The number of ketones is 1. The molecule has 1 fully saturated rings. The van der Waals surface area contributed by atoms with Crippen LogP contribution in [0.25, 0.3) is 0 Å². The Kier molecular flexibility index (Phi) is 5.51. The molecular weight excluding hydrogens is 332 g/mol. The SMILES string of the molecule is Cc1c(NC(=O)C(=O)c2ccco2)cccc1C(=O)NC1CCCCC1. The van der Waals surface area contributed by atoms with E-state index in [-0.39, 0.29) is 17.7 Å². The lowest BCUT2D eigenvalue weighted by atomic mass is 9.95. The lowest BCUT2D eigenvalue weighted by Gasteiger charge is -2.23. The van der Waals surface area contributed by atoms with E-state index in [1.807, 2.05) is 0 Å². The molecule has 0 atom stereocenters. The Hall–Kier alpha value is -2.89. The molecule has 1 saturated carbocycles. The van der Waals surface area contributed by atoms with Crippen molar-refractivity contribution in [3.63, 3.8) is 0 Å². The van der Waals surface area contributed by atoms with Gasteiger partial charge in [-0.2, -0.15) is 0 Å². The molecule has 1 aromatic carbocycles. The Morgan fingerprint density at radius 1 is 1.04 bits per heavy atom. The first-order valence-electron chi connectivity index (χ1n) is 8.86. The van der Waals surface area contributed by atoms with Crippen LogP contribution in [-0.4, -0.2) is 23.6 Å². The minimum absolute atomic E-state index is 0.0219. The molecule has 2 amide bonds. The van der Waals surface area contributed by atoms with Crippen LogP contribution in [0.1, 0.15) is 58.6 Å². The highest BCUT2D eigenvalue weighted by molar-refractivity contribution is 6.45. The monoisotopic (exact) mass is 354 g/mol. The van der Waals surface area contributed by atoms with Crippen LogP contribution in [-0.2, 0) is 4.79 Å². The first-order chi connectivity index (χ1) is 12.6. The van der Waals surface area contributed by atoms with E-state index in [2.05, 4.69) is 10.6 Å². The van der Waals surface area contributed by atoms with E-state index in [1.54, 1.807) is 31.2 Å². The predicted octanol–water partition coefficient (Wildman–Crippen LogP) is 3.47. The second kappa shape index (κ2) is 7.99. The molecule has 136 valence electrons. The molecule has 1 heterocycles.